The lowest BCUT2D eigenvalue weighted by Gasteiger charge is -2.14. The summed E-state index contributed by atoms with van der Waals surface area (Å²) in [5, 5.41) is 3.45. The number of nitrogens with one attached hydrogen (secondary N) is 1. The van der Waals surface area contributed by atoms with Gasteiger partial charge in [0.1, 0.15) is 0 Å². The van der Waals surface area contributed by atoms with Crippen LogP contribution in [0, 0.1) is 0 Å². The van der Waals surface area contributed by atoms with Gasteiger partial charge in [-0.15, -0.1) is 0 Å². The first-order chi connectivity index (χ1) is 9.01. The Bertz CT molecular complexity index is 511. The molecule has 19 heavy (non-hydrogen) atoms. The molecule has 0 amide bonds. The van der Waals surface area contributed by atoms with Crippen LogP contribution in [0.5, 0.6) is 0 Å². The highest BCUT2D eigenvalue weighted by Gasteiger charge is 2.19. The van der Waals surface area contributed by atoms with Gasteiger partial charge in [0.05, 0.1) is 10.6 Å². The lowest BCUT2D eigenvalue weighted by atomic mass is 10.2. The third kappa shape index (κ3) is 3.70. The molecule has 0 aromatic heterocycles. The second kappa shape index (κ2) is 5.92. The van der Waals surface area contributed by atoms with E-state index in [0.717, 1.165) is 25.2 Å². The standard InChI is InChI=1S/C14H22N2O2S/c1-3-10-19(17,18)14-6-4-12(5-7-14)15-13-8-9-16(2)11-13/h4-7,13,15H,3,8-11H2,1-2H3. The van der Waals surface area contributed by atoms with Crippen LogP contribution in [-0.2, 0) is 9.84 Å². The minimum Gasteiger partial charge on any atom is -0.381 e. The Morgan fingerprint density at radius 3 is 2.53 bits per heavy atom. The highest BCUT2D eigenvalue weighted by atomic mass is 32.2. The van der Waals surface area contributed by atoms with E-state index in [9.17, 15) is 8.42 Å². The summed E-state index contributed by atoms with van der Waals surface area (Å²) in [5.41, 5.74) is 0.996. The molecule has 1 saturated heterocycles. The second-order valence-electron chi connectivity index (χ2n) is 5.24. The normalized spacial score (nSPS) is 20.6. The zero-order valence-electron chi connectivity index (χ0n) is 11.6. The Kier molecular flexibility index (Phi) is 4.47. The summed E-state index contributed by atoms with van der Waals surface area (Å²) in [4.78, 5) is 2.71. The Morgan fingerprint density at radius 1 is 1.32 bits per heavy atom. The molecular weight excluding hydrogens is 260 g/mol. The first kappa shape index (κ1) is 14.3. The van der Waals surface area contributed by atoms with E-state index in [-0.39, 0.29) is 5.75 Å². The number of hydrogen-bond acceptors (Lipinski definition) is 4. The van der Waals surface area contributed by atoms with Crippen LogP contribution >= 0.6 is 0 Å². The van der Waals surface area contributed by atoms with Crippen molar-refractivity contribution >= 4 is 15.5 Å². The number of sulfone groups is 1. The lowest BCUT2D eigenvalue weighted by molar-refractivity contribution is 0.414. The third-order valence-corrected chi connectivity index (χ3v) is 5.38. The van der Waals surface area contributed by atoms with Crippen LogP contribution in [0.25, 0.3) is 0 Å². The molecule has 1 aromatic rings. The van der Waals surface area contributed by atoms with Crippen LogP contribution in [0.3, 0.4) is 0 Å². The average Bonchev–Trinajstić information content (AvgIpc) is 2.75. The number of nitrogens with zero attached hydrogens (tertiary/aromatic N) is 1. The van der Waals surface area contributed by atoms with E-state index in [4.69, 9.17) is 0 Å². The fourth-order valence-corrected chi connectivity index (χ4v) is 3.76. The van der Waals surface area contributed by atoms with Crippen molar-refractivity contribution in [2.45, 2.75) is 30.7 Å². The van der Waals surface area contributed by atoms with Gasteiger partial charge in [0.15, 0.2) is 9.84 Å². The summed E-state index contributed by atoms with van der Waals surface area (Å²) >= 11 is 0. The average molecular weight is 282 g/mol. The van der Waals surface area contributed by atoms with E-state index in [1.807, 2.05) is 19.1 Å². The molecule has 0 spiro atoms. The van der Waals surface area contributed by atoms with E-state index in [2.05, 4.69) is 17.3 Å². The zero-order chi connectivity index (χ0) is 13.9. The van der Waals surface area contributed by atoms with Gasteiger partial charge in [-0.1, -0.05) is 6.92 Å². The Labute approximate surface area is 115 Å². The maximum absolute atomic E-state index is 11.9. The van der Waals surface area contributed by atoms with Gasteiger partial charge >= 0.3 is 0 Å². The zero-order valence-corrected chi connectivity index (χ0v) is 12.4. The van der Waals surface area contributed by atoms with Crippen molar-refractivity contribution in [1.29, 1.82) is 0 Å². The Balaban J connectivity index is 2.02. The smallest absolute Gasteiger partial charge is 0.178 e. The summed E-state index contributed by atoms with van der Waals surface area (Å²) in [6, 6.07) is 7.59. The van der Waals surface area contributed by atoms with Crippen molar-refractivity contribution in [2.75, 3.05) is 31.2 Å². The van der Waals surface area contributed by atoms with Crippen molar-refractivity contribution in [3.63, 3.8) is 0 Å². The fraction of sp³-hybridized carbons (Fsp3) is 0.571. The Hall–Kier alpha value is -1.07. The molecule has 0 bridgehead atoms. The molecule has 1 heterocycles. The second-order valence-corrected chi connectivity index (χ2v) is 7.34. The molecule has 4 nitrogen and oxygen atoms in total. The highest BCUT2D eigenvalue weighted by Crippen LogP contribution is 2.18. The maximum Gasteiger partial charge on any atom is 0.178 e. The van der Waals surface area contributed by atoms with Crippen molar-refractivity contribution < 1.29 is 8.42 Å². The van der Waals surface area contributed by atoms with Crippen LogP contribution in [0.15, 0.2) is 29.2 Å². The van der Waals surface area contributed by atoms with Gasteiger partial charge in [-0.3, -0.25) is 0 Å². The van der Waals surface area contributed by atoms with Crippen LogP contribution < -0.4 is 5.32 Å². The van der Waals surface area contributed by atoms with Gasteiger partial charge in [-0.05, 0) is 50.7 Å². The van der Waals surface area contributed by atoms with Gasteiger partial charge < -0.3 is 10.2 Å². The monoisotopic (exact) mass is 282 g/mol. The van der Waals surface area contributed by atoms with Gasteiger partial charge in [-0.2, -0.15) is 0 Å². The van der Waals surface area contributed by atoms with Crippen molar-refractivity contribution in [2.24, 2.45) is 0 Å². The number of anilines is 1. The summed E-state index contributed by atoms with van der Waals surface area (Å²) in [7, 11) is -0.986. The number of rotatable bonds is 5. The molecule has 1 N–H and O–H groups in total. The SMILES string of the molecule is CCCS(=O)(=O)c1ccc(NC2CCN(C)C2)cc1. The number of hydrogen-bond donors (Lipinski definition) is 1. The Morgan fingerprint density at radius 2 is 2.00 bits per heavy atom. The van der Waals surface area contributed by atoms with E-state index < -0.39 is 9.84 Å². The van der Waals surface area contributed by atoms with Crippen LogP contribution in [-0.4, -0.2) is 45.2 Å². The molecule has 1 fully saturated rings. The number of likely N-dealkylation sites (N-methyl/N-ethyl adjacent to an activating group) is 1. The van der Waals surface area contributed by atoms with Gasteiger partial charge in [-0.25, -0.2) is 8.42 Å². The molecule has 1 aliphatic rings. The minimum atomic E-state index is -3.10. The van der Waals surface area contributed by atoms with Crippen LogP contribution in [0.1, 0.15) is 19.8 Å². The highest BCUT2D eigenvalue weighted by molar-refractivity contribution is 7.91. The summed E-state index contributed by atoms with van der Waals surface area (Å²) in [6.45, 7) is 4.03. The molecule has 0 radical (unpaired) electrons. The molecule has 1 aromatic carbocycles. The summed E-state index contributed by atoms with van der Waals surface area (Å²) < 4.78 is 23.8. The fourth-order valence-electron chi connectivity index (χ4n) is 2.43. The van der Waals surface area contributed by atoms with E-state index in [1.165, 1.54) is 0 Å². The topological polar surface area (TPSA) is 49.4 Å². The first-order valence-corrected chi connectivity index (χ1v) is 8.44. The molecule has 2 rings (SSSR count). The number of likely N-dealkylation sites (tertiary alicyclic amines) is 1. The van der Waals surface area contributed by atoms with Crippen molar-refractivity contribution in [3.05, 3.63) is 24.3 Å². The first-order valence-electron chi connectivity index (χ1n) is 6.79. The van der Waals surface area contributed by atoms with Crippen LogP contribution in [0.2, 0.25) is 0 Å². The van der Waals surface area contributed by atoms with Gasteiger partial charge in [0, 0.05) is 18.3 Å². The minimum absolute atomic E-state index is 0.215. The van der Waals surface area contributed by atoms with Crippen molar-refractivity contribution in [3.8, 4) is 0 Å². The predicted octanol–water partition coefficient (Wildman–Crippen LogP) is 1.99. The van der Waals surface area contributed by atoms with Crippen LogP contribution in [0.4, 0.5) is 5.69 Å². The summed E-state index contributed by atoms with van der Waals surface area (Å²) in [5.74, 6) is 0.215. The largest absolute Gasteiger partial charge is 0.381 e. The van der Waals surface area contributed by atoms with Gasteiger partial charge in [0.2, 0.25) is 0 Å². The molecule has 1 aliphatic heterocycles. The van der Waals surface area contributed by atoms with Crippen molar-refractivity contribution in [1.82, 2.24) is 4.90 Å². The number of benzene rings is 1. The molecule has 106 valence electrons. The lowest BCUT2D eigenvalue weighted by Crippen LogP contribution is -2.23. The molecule has 0 saturated carbocycles. The predicted molar refractivity (Wildman–Crippen MR) is 78.3 cm³/mol. The molecule has 5 heteroatoms. The third-order valence-electron chi connectivity index (χ3n) is 3.45. The van der Waals surface area contributed by atoms with E-state index >= 15 is 0 Å². The quantitative estimate of drug-likeness (QED) is 0.897. The molecule has 1 unspecified atom stereocenters. The van der Waals surface area contributed by atoms with E-state index in [0.29, 0.717) is 17.4 Å². The summed E-state index contributed by atoms with van der Waals surface area (Å²) in [6.07, 6.45) is 1.78. The maximum atomic E-state index is 11.9. The molecule has 0 aliphatic carbocycles. The molecular formula is C14H22N2O2S. The van der Waals surface area contributed by atoms with Gasteiger partial charge in [0.25, 0.3) is 0 Å². The van der Waals surface area contributed by atoms with E-state index in [1.54, 1.807) is 12.1 Å². The molecule has 1 atom stereocenters.